The molecule has 40 heavy (non-hydrogen) atoms. The molecule has 3 aromatic carbocycles. The molecule has 2 saturated carbocycles. The zero-order valence-electron chi connectivity index (χ0n) is 23.2. The van der Waals surface area contributed by atoms with Gasteiger partial charge in [0, 0.05) is 16.8 Å². The Bertz CT molecular complexity index is 1310. The molecule has 6 heteroatoms. The second-order valence-electron chi connectivity index (χ2n) is 11.3. The fraction of sp³-hybridized carbons (Fsp3) is 0.382. The first kappa shape index (κ1) is 27.6. The molecule has 0 saturated heterocycles. The largest absolute Gasteiger partial charge is 0.370 e. The topological polar surface area (TPSA) is 102 Å². The van der Waals surface area contributed by atoms with Crippen LogP contribution in [0.15, 0.2) is 77.8 Å². The van der Waals surface area contributed by atoms with Crippen molar-refractivity contribution in [2.75, 3.05) is 4.90 Å². The summed E-state index contributed by atoms with van der Waals surface area (Å²) >= 11 is 0. The number of nitrogens with two attached hydrogens (primary N) is 2. The SMILES string of the molecule is NC(N)=NC(=O)c1ccc(CN(C(=O)c2ccc(C3CCCCC3)cc2)c2ccc(C3CCCCC3)cc2)cc1. The summed E-state index contributed by atoms with van der Waals surface area (Å²) in [5, 5.41) is 0. The maximum atomic E-state index is 13.9. The highest BCUT2D eigenvalue weighted by Crippen LogP contribution is 2.35. The van der Waals surface area contributed by atoms with Gasteiger partial charge in [0.25, 0.3) is 11.8 Å². The van der Waals surface area contributed by atoms with Gasteiger partial charge in [-0.05, 0) is 90.6 Å². The van der Waals surface area contributed by atoms with Crippen LogP contribution in [0.1, 0.15) is 113 Å². The van der Waals surface area contributed by atoms with Gasteiger partial charge in [0.1, 0.15) is 0 Å². The van der Waals surface area contributed by atoms with Gasteiger partial charge in [0.2, 0.25) is 0 Å². The van der Waals surface area contributed by atoms with Crippen LogP contribution in [0.25, 0.3) is 0 Å². The number of carbonyl (C=O) groups excluding carboxylic acids is 2. The fourth-order valence-corrected chi connectivity index (χ4v) is 6.25. The van der Waals surface area contributed by atoms with E-state index in [-0.39, 0.29) is 11.9 Å². The number of benzene rings is 3. The van der Waals surface area contributed by atoms with Crippen molar-refractivity contribution in [2.45, 2.75) is 82.6 Å². The molecule has 0 atom stereocenters. The van der Waals surface area contributed by atoms with E-state index in [0.29, 0.717) is 29.5 Å². The molecular weight excluding hydrogens is 496 g/mol. The summed E-state index contributed by atoms with van der Waals surface area (Å²) in [6.45, 7) is 0.378. The molecule has 2 fully saturated rings. The minimum Gasteiger partial charge on any atom is -0.370 e. The average Bonchev–Trinajstić information content (AvgIpc) is 3.00. The van der Waals surface area contributed by atoms with Crippen LogP contribution in [0.4, 0.5) is 5.69 Å². The highest BCUT2D eigenvalue weighted by molar-refractivity contribution is 6.06. The summed E-state index contributed by atoms with van der Waals surface area (Å²) in [7, 11) is 0. The smallest absolute Gasteiger partial charge is 0.280 e. The zero-order chi connectivity index (χ0) is 27.9. The van der Waals surface area contributed by atoms with Crippen molar-refractivity contribution < 1.29 is 9.59 Å². The number of rotatable bonds is 7. The lowest BCUT2D eigenvalue weighted by molar-refractivity contribution is 0.0981. The molecule has 3 aromatic rings. The summed E-state index contributed by atoms with van der Waals surface area (Å²) in [5.74, 6) is 0.408. The molecule has 0 unspecified atom stereocenters. The van der Waals surface area contributed by atoms with E-state index in [1.165, 1.54) is 75.3 Å². The van der Waals surface area contributed by atoms with Gasteiger partial charge in [-0.1, -0.05) is 74.9 Å². The highest BCUT2D eigenvalue weighted by Gasteiger charge is 2.22. The van der Waals surface area contributed by atoms with E-state index in [1.807, 2.05) is 29.2 Å². The summed E-state index contributed by atoms with van der Waals surface area (Å²) in [4.78, 5) is 31.6. The molecule has 0 heterocycles. The second-order valence-corrected chi connectivity index (χ2v) is 11.3. The monoisotopic (exact) mass is 536 g/mol. The van der Waals surface area contributed by atoms with E-state index < -0.39 is 5.91 Å². The van der Waals surface area contributed by atoms with Crippen molar-refractivity contribution in [1.82, 2.24) is 0 Å². The van der Waals surface area contributed by atoms with Crippen LogP contribution in [0.3, 0.4) is 0 Å². The van der Waals surface area contributed by atoms with E-state index >= 15 is 0 Å². The second kappa shape index (κ2) is 12.9. The number of amides is 2. The third kappa shape index (κ3) is 6.79. The first-order valence-corrected chi connectivity index (χ1v) is 14.7. The Kier molecular flexibility index (Phi) is 8.94. The van der Waals surface area contributed by atoms with E-state index in [4.69, 9.17) is 11.5 Å². The predicted molar refractivity (Wildman–Crippen MR) is 162 cm³/mol. The van der Waals surface area contributed by atoms with E-state index in [1.54, 1.807) is 12.1 Å². The molecule has 0 aromatic heterocycles. The summed E-state index contributed by atoms with van der Waals surface area (Å²) in [6.07, 6.45) is 12.7. The quantitative estimate of drug-likeness (QED) is 0.250. The molecule has 5 rings (SSSR count). The highest BCUT2D eigenvalue weighted by atomic mass is 16.2. The van der Waals surface area contributed by atoms with Crippen molar-refractivity contribution in [2.24, 2.45) is 16.5 Å². The lowest BCUT2D eigenvalue weighted by Gasteiger charge is -2.26. The third-order valence-corrected chi connectivity index (χ3v) is 8.53. The van der Waals surface area contributed by atoms with Crippen LogP contribution in [0.5, 0.6) is 0 Å². The van der Waals surface area contributed by atoms with Gasteiger partial charge in [-0.15, -0.1) is 0 Å². The molecule has 2 amide bonds. The first-order chi connectivity index (χ1) is 19.5. The molecule has 0 bridgehead atoms. The summed E-state index contributed by atoms with van der Waals surface area (Å²) < 4.78 is 0. The van der Waals surface area contributed by atoms with Gasteiger partial charge in [-0.2, -0.15) is 4.99 Å². The van der Waals surface area contributed by atoms with Gasteiger partial charge < -0.3 is 16.4 Å². The van der Waals surface area contributed by atoms with Crippen LogP contribution in [0.2, 0.25) is 0 Å². The number of nitrogens with zero attached hydrogens (tertiary/aromatic N) is 2. The third-order valence-electron chi connectivity index (χ3n) is 8.53. The molecule has 208 valence electrons. The molecule has 0 aliphatic heterocycles. The van der Waals surface area contributed by atoms with Gasteiger partial charge in [-0.3, -0.25) is 9.59 Å². The molecule has 2 aliphatic rings. The van der Waals surface area contributed by atoms with Crippen molar-refractivity contribution in [3.05, 3.63) is 101 Å². The summed E-state index contributed by atoms with van der Waals surface area (Å²) in [5.41, 5.74) is 16.2. The van der Waals surface area contributed by atoms with Crippen LogP contribution in [0, 0.1) is 0 Å². The first-order valence-electron chi connectivity index (χ1n) is 14.7. The Morgan fingerprint density at radius 2 is 1.12 bits per heavy atom. The van der Waals surface area contributed by atoms with Gasteiger partial charge in [0.15, 0.2) is 5.96 Å². The van der Waals surface area contributed by atoms with Crippen molar-refractivity contribution >= 4 is 23.5 Å². The Hall–Kier alpha value is -3.93. The minimum atomic E-state index is -0.490. The van der Waals surface area contributed by atoms with Crippen LogP contribution < -0.4 is 16.4 Å². The number of carbonyl (C=O) groups is 2. The molecule has 4 N–H and O–H groups in total. The Balaban J connectivity index is 1.39. The van der Waals surface area contributed by atoms with E-state index in [2.05, 4.69) is 41.4 Å². The number of anilines is 1. The van der Waals surface area contributed by atoms with Crippen LogP contribution in [-0.2, 0) is 6.54 Å². The van der Waals surface area contributed by atoms with Crippen LogP contribution in [-0.4, -0.2) is 17.8 Å². The van der Waals surface area contributed by atoms with Crippen molar-refractivity contribution in [1.29, 1.82) is 0 Å². The molecular formula is C34H40N4O2. The number of guanidine groups is 1. The Morgan fingerprint density at radius 3 is 1.62 bits per heavy atom. The van der Waals surface area contributed by atoms with Gasteiger partial charge in [0.05, 0.1) is 6.54 Å². The molecule has 6 nitrogen and oxygen atoms in total. The van der Waals surface area contributed by atoms with E-state index in [0.717, 1.165) is 11.3 Å². The van der Waals surface area contributed by atoms with Crippen LogP contribution >= 0.6 is 0 Å². The maximum absolute atomic E-state index is 13.9. The molecule has 0 spiro atoms. The van der Waals surface area contributed by atoms with Crippen molar-refractivity contribution in [3.8, 4) is 0 Å². The standard InChI is InChI=1S/C34H40N4O2/c35-34(36)37-32(39)29-13-11-24(12-14-29)23-38(31-21-19-28(20-22-31)26-9-5-2-6-10-26)33(40)30-17-15-27(16-18-30)25-7-3-1-4-8-25/h11-22,25-26H,1-10,23H2,(H4,35,36,37,39). The Morgan fingerprint density at radius 1 is 0.650 bits per heavy atom. The molecule has 0 radical (unpaired) electrons. The average molecular weight is 537 g/mol. The van der Waals surface area contributed by atoms with Gasteiger partial charge >= 0.3 is 0 Å². The lowest BCUT2D eigenvalue weighted by atomic mass is 9.84. The summed E-state index contributed by atoms with van der Waals surface area (Å²) in [6, 6.07) is 23.8. The van der Waals surface area contributed by atoms with Gasteiger partial charge in [-0.25, -0.2) is 0 Å². The number of hydrogen-bond donors (Lipinski definition) is 2. The zero-order valence-corrected chi connectivity index (χ0v) is 23.2. The fourth-order valence-electron chi connectivity index (χ4n) is 6.25. The number of aliphatic imine (C=N–C) groups is 1. The normalized spacial score (nSPS) is 16.3. The Labute approximate surface area is 237 Å². The maximum Gasteiger partial charge on any atom is 0.280 e. The predicted octanol–water partition coefficient (Wildman–Crippen LogP) is 7.04. The molecule has 2 aliphatic carbocycles. The number of hydrogen-bond acceptors (Lipinski definition) is 2. The lowest BCUT2D eigenvalue weighted by Crippen LogP contribution is -2.30. The van der Waals surface area contributed by atoms with Crippen molar-refractivity contribution in [3.63, 3.8) is 0 Å². The van der Waals surface area contributed by atoms with E-state index in [9.17, 15) is 9.59 Å². The minimum absolute atomic E-state index is 0.0405.